The monoisotopic (exact) mass is 799 g/mol. The third-order valence-electron chi connectivity index (χ3n) is 11.7. The van der Waals surface area contributed by atoms with Crippen LogP contribution in [-0.2, 0) is 36.9 Å². The van der Waals surface area contributed by atoms with Crippen molar-refractivity contribution in [1.82, 2.24) is 25.6 Å². The highest BCUT2D eigenvalue weighted by Gasteiger charge is 2.46. The number of amides is 2. The Labute approximate surface area is 344 Å². The van der Waals surface area contributed by atoms with Crippen LogP contribution in [0.25, 0.3) is 22.5 Å². The van der Waals surface area contributed by atoms with Gasteiger partial charge in [-0.05, 0) is 62.0 Å². The van der Waals surface area contributed by atoms with Crippen LogP contribution in [0.2, 0.25) is 0 Å². The molecule has 0 saturated heterocycles. The van der Waals surface area contributed by atoms with Crippen molar-refractivity contribution in [2.45, 2.75) is 119 Å². The van der Waals surface area contributed by atoms with Crippen LogP contribution < -0.4 is 21.3 Å². The first kappa shape index (κ1) is 44.5. The summed E-state index contributed by atoms with van der Waals surface area (Å²) in [5, 5.41) is 15.1. The van der Waals surface area contributed by atoms with Crippen LogP contribution in [0.5, 0.6) is 0 Å². The Balaban J connectivity index is 1.16. The predicted molar refractivity (Wildman–Crippen MR) is 229 cm³/mol. The van der Waals surface area contributed by atoms with E-state index in [9.17, 15) is 14.4 Å². The van der Waals surface area contributed by atoms with Gasteiger partial charge in [0.05, 0.1) is 29.4 Å². The number of aromatic nitrogens is 3. The largest absolute Gasteiger partial charge is 0.463 e. The van der Waals surface area contributed by atoms with Crippen LogP contribution in [0.4, 0.5) is 5.69 Å². The maximum absolute atomic E-state index is 14.0. The van der Waals surface area contributed by atoms with Crippen LogP contribution in [0.3, 0.4) is 0 Å². The van der Waals surface area contributed by atoms with Crippen molar-refractivity contribution >= 4 is 29.3 Å². The molecule has 4 N–H and O–H groups in total. The van der Waals surface area contributed by atoms with Gasteiger partial charge in [-0.25, -0.2) is 4.68 Å². The molecule has 1 aromatic heterocycles. The van der Waals surface area contributed by atoms with E-state index in [0.717, 1.165) is 23.6 Å². The van der Waals surface area contributed by atoms with Crippen LogP contribution >= 0.6 is 0 Å². The third kappa shape index (κ3) is 11.7. The van der Waals surface area contributed by atoms with Crippen LogP contribution in [0.15, 0.2) is 53.5 Å². The van der Waals surface area contributed by atoms with E-state index in [2.05, 4.69) is 55.6 Å². The number of ether oxygens (including phenoxy) is 2. The average Bonchev–Trinajstić information content (AvgIpc) is 3.54. The van der Waals surface area contributed by atoms with E-state index in [1.807, 2.05) is 76.2 Å². The number of anilines is 1. The fourth-order valence-corrected chi connectivity index (χ4v) is 7.60. The summed E-state index contributed by atoms with van der Waals surface area (Å²) in [6.07, 6.45) is 3.19. The molecule has 3 atom stereocenters. The zero-order valence-electron chi connectivity index (χ0n) is 36.2. The van der Waals surface area contributed by atoms with Gasteiger partial charge in [-0.1, -0.05) is 96.1 Å². The van der Waals surface area contributed by atoms with E-state index in [1.165, 1.54) is 12.8 Å². The number of fused-ring (bicyclic) bond motifs is 5. The van der Waals surface area contributed by atoms with E-state index >= 15 is 0 Å². The van der Waals surface area contributed by atoms with Gasteiger partial charge in [-0.3, -0.25) is 19.4 Å². The SMILES string of the molecule is CC(CN=C(N)C(C)(C)CCOC(C)(C)CNC(=O)CCC(=O)N1Cc2ccccc2-c2c(nnn2CC(=O)OCCNC(C)C)-c2ccccc21)CC1(C)CC1C. The second-order valence-electron chi connectivity index (χ2n) is 18.2. The smallest absolute Gasteiger partial charge is 0.327 e. The first-order valence-electron chi connectivity index (χ1n) is 20.9. The number of aliphatic imine (C=N–C) groups is 1. The standard InChI is InChI=1S/C45H66N8O5/c1-30(2)47-21-23-57-39(56)28-53-41-34-15-11-10-14-33(34)27-52(36-17-13-12-16-35(36)40(41)50-51-53)38(55)19-18-37(54)49-29-44(7,8)58-22-20-43(5,6)42(46)48-26-31(3)24-45(9)25-32(45)4/h10-17,30-32,47H,18-29H2,1-9H3,(H2,46,48)(H,49,54). The van der Waals surface area contributed by atoms with Crippen molar-refractivity contribution in [1.29, 1.82) is 0 Å². The number of hydrogen-bond donors (Lipinski definition) is 3. The maximum atomic E-state index is 14.0. The third-order valence-corrected chi connectivity index (χ3v) is 11.7. The minimum absolute atomic E-state index is 0.00432. The summed E-state index contributed by atoms with van der Waals surface area (Å²) < 4.78 is 13.3. The molecule has 3 unspecified atom stereocenters. The van der Waals surface area contributed by atoms with Crippen LogP contribution in [-0.4, -0.2) is 83.1 Å². The first-order valence-corrected chi connectivity index (χ1v) is 20.9. The highest BCUT2D eigenvalue weighted by molar-refractivity contribution is 6.01. The van der Waals surface area contributed by atoms with Crippen molar-refractivity contribution in [2.24, 2.45) is 33.4 Å². The summed E-state index contributed by atoms with van der Waals surface area (Å²) in [4.78, 5) is 46.5. The number of rotatable bonds is 20. The van der Waals surface area contributed by atoms with Gasteiger partial charge >= 0.3 is 5.97 Å². The molecule has 2 heterocycles. The van der Waals surface area contributed by atoms with Gasteiger partial charge in [-0.15, -0.1) is 5.10 Å². The van der Waals surface area contributed by atoms with Gasteiger partial charge in [-0.2, -0.15) is 0 Å². The summed E-state index contributed by atoms with van der Waals surface area (Å²) in [6.45, 7) is 21.5. The molecule has 58 heavy (non-hydrogen) atoms. The van der Waals surface area contributed by atoms with Gasteiger partial charge in [0.25, 0.3) is 0 Å². The molecule has 0 spiro atoms. The van der Waals surface area contributed by atoms with Gasteiger partial charge in [0.1, 0.15) is 18.8 Å². The molecule has 2 aromatic carbocycles. The highest BCUT2D eigenvalue weighted by Crippen LogP contribution is 2.55. The molecule has 0 radical (unpaired) electrons. The number of carbonyl (C=O) groups is 3. The summed E-state index contributed by atoms with van der Waals surface area (Å²) >= 11 is 0. The molecule has 0 bridgehead atoms. The molecule has 13 nitrogen and oxygen atoms in total. The number of amidine groups is 1. The maximum Gasteiger partial charge on any atom is 0.327 e. The van der Waals surface area contributed by atoms with Crippen molar-refractivity contribution in [3.63, 3.8) is 0 Å². The number of nitrogens with one attached hydrogen (secondary N) is 2. The summed E-state index contributed by atoms with van der Waals surface area (Å²) in [6, 6.07) is 15.5. The number of nitrogens with zero attached hydrogens (tertiary/aromatic N) is 5. The Morgan fingerprint density at radius 2 is 1.71 bits per heavy atom. The second-order valence-corrected chi connectivity index (χ2v) is 18.2. The molecule has 3 aromatic rings. The molecule has 1 aliphatic heterocycles. The van der Waals surface area contributed by atoms with Gasteiger partial charge in [0.15, 0.2) is 0 Å². The fourth-order valence-electron chi connectivity index (χ4n) is 7.60. The van der Waals surface area contributed by atoms with Gasteiger partial charge < -0.3 is 30.7 Å². The fraction of sp³-hybridized carbons (Fsp3) is 0.600. The van der Waals surface area contributed by atoms with Crippen LogP contribution in [0.1, 0.15) is 100.0 Å². The molecule has 13 heteroatoms. The highest BCUT2D eigenvalue weighted by atomic mass is 16.5. The Hall–Kier alpha value is -4.62. The lowest BCUT2D eigenvalue weighted by Gasteiger charge is -2.30. The Morgan fingerprint density at radius 3 is 2.41 bits per heavy atom. The molecular formula is C45H66N8O5. The van der Waals surface area contributed by atoms with E-state index in [1.54, 1.807) is 9.58 Å². The van der Waals surface area contributed by atoms with E-state index in [4.69, 9.17) is 20.2 Å². The minimum Gasteiger partial charge on any atom is -0.463 e. The van der Waals surface area contributed by atoms with Crippen molar-refractivity contribution < 1.29 is 23.9 Å². The number of benzene rings is 2. The second kappa shape index (κ2) is 19.0. The van der Waals surface area contributed by atoms with Crippen LogP contribution in [0, 0.1) is 22.7 Å². The number of hydrogen-bond acceptors (Lipinski definition) is 9. The van der Waals surface area contributed by atoms with Crippen molar-refractivity contribution in [2.75, 3.05) is 37.7 Å². The van der Waals surface area contributed by atoms with E-state index in [-0.39, 0.29) is 55.8 Å². The summed E-state index contributed by atoms with van der Waals surface area (Å²) in [7, 11) is 0. The van der Waals surface area contributed by atoms with Crippen molar-refractivity contribution in [3.05, 3.63) is 54.1 Å². The Morgan fingerprint density at radius 1 is 1.02 bits per heavy atom. The Bertz CT molecular complexity index is 1940. The summed E-state index contributed by atoms with van der Waals surface area (Å²) in [5.74, 6) is 1.08. The molecule has 2 amide bonds. The topological polar surface area (TPSA) is 166 Å². The van der Waals surface area contributed by atoms with E-state index in [0.29, 0.717) is 65.9 Å². The molecular weight excluding hydrogens is 733 g/mol. The lowest BCUT2D eigenvalue weighted by Crippen LogP contribution is -2.42. The number of para-hydroxylation sites is 1. The molecule has 1 fully saturated rings. The quantitative estimate of drug-likeness (QED) is 0.0498. The lowest BCUT2D eigenvalue weighted by molar-refractivity contribution is -0.144. The van der Waals surface area contributed by atoms with E-state index < -0.39 is 11.6 Å². The molecule has 1 aliphatic carbocycles. The molecule has 316 valence electrons. The zero-order chi connectivity index (χ0) is 42.3. The number of nitrogens with two attached hydrogens (primary N) is 1. The zero-order valence-corrected chi connectivity index (χ0v) is 36.2. The van der Waals surface area contributed by atoms with Crippen molar-refractivity contribution in [3.8, 4) is 22.5 Å². The lowest BCUT2D eigenvalue weighted by atomic mass is 9.88. The first-order chi connectivity index (χ1) is 27.4. The normalized spacial score (nSPS) is 18.4. The summed E-state index contributed by atoms with van der Waals surface area (Å²) in [5.41, 5.74) is 10.2. The Kier molecular flexibility index (Phi) is 14.5. The predicted octanol–water partition coefficient (Wildman–Crippen LogP) is 6.54. The van der Waals surface area contributed by atoms with Gasteiger partial charge in [0.2, 0.25) is 11.8 Å². The number of carbonyl (C=O) groups excluding carboxylic acids is 3. The average molecular weight is 799 g/mol. The molecule has 1 saturated carbocycles. The molecule has 2 aliphatic rings. The number of esters is 1. The van der Waals surface area contributed by atoms with Gasteiger partial charge in [0, 0.05) is 61.7 Å². The minimum atomic E-state index is -0.630. The molecule has 5 rings (SSSR count).